The molecule has 0 saturated heterocycles. The minimum absolute atomic E-state index is 0.238. The number of hydrogen-bond donors (Lipinski definition) is 0. The van der Waals surface area contributed by atoms with Crippen LogP contribution >= 0.6 is 34.5 Å². The number of hydrogen-bond acceptors (Lipinski definition) is 1. The van der Waals surface area contributed by atoms with E-state index in [9.17, 15) is 4.39 Å². The van der Waals surface area contributed by atoms with Gasteiger partial charge in [0.25, 0.3) is 0 Å². The Kier molecular flexibility index (Phi) is 4.31. The molecule has 1 heterocycles. The van der Waals surface area contributed by atoms with Gasteiger partial charge in [0.05, 0.1) is 5.38 Å². The molecule has 2 rings (SSSR count). The highest BCUT2D eigenvalue weighted by Gasteiger charge is 2.18. The Labute approximate surface area is 120 Å². The van der Waals surface area contributed by atoms with E-state index in [2.05, 4.69) is 6.07 Å². The lowest BCUT2D eigenvalue weighted by molar-refractivity contribution is 0.608. The SMILES string of the molecule is Cc1cc(C)c(C(Cl)Cc2c(F)cccc2Cl)s1. The molecule has 0 aliphatic carbocycles. The number of aryl methyl sites for hydroxylation is 2. The molecule has 0 saturated carbocycles. The lowest BCUT2D eigenvalue weighted by Crippen LogP contribution is -1.99. The molecule has 0 N–H and O–H groups in total. The molecule has 0 aliphatic heterocycles. The molecule has 0 fully saturated rings. The predicted octanol–water partition coefficient (Wildman–Crippen LogP) is 5.68. The topological polar surface area (TPSA) is 0 Å². The van der Waals surface area contributed by atoms with Gasteiger partial charge in [0.1, 0.15) is 5.82 Å². The Morgan fingerprint density at radius 2 is 2.06 bits per heavy atom. The molecule has 0 nitrogen and oxygen atoms in total. The van der Waals surface area contributed by atoms with E-state index in [4.69, 9.17) is 23.2 Å². The van der Waals surface area contributed by atoms with Crippen molar-refractivity contribution in [3.8, 4) is 0 Å². The molecule has 96 valence electrons. The average molecular weight is 303 g/mol. The van der Waals surface area contributed by atoms with E-state index >= 15 is 0 Å². The van der Waals surface area contributed by atoms with E-state index < -0.39 is 0 Å². The van der Waals surface area contributed by atoms with E-state index in [1.165, 1.54) is 10.9 Å². The van der Waals surface area contributed by atoms with E-state index in [0.717, 1.165) is 10.4 Å². The maximum absolute atomic E-state index is 13.7. The Morgan fingerprint density at radius 3 is 2.61 bits per heavy atom. The number of thiophene rings is 1. The molecule has 18 heavy (non-hydrogen) atoms. The van der Waals surface area contributed by atoms with Gasteiger partial charge in [0.15, 0.2) is 0 Å². The summed E-state index contributed by atoms with van der Waals surface area (Å²) in [6.45, 7) is 4.07. The molecular weight excluding hydrogens is 290 g/mol. The molecular formula is C14H13Cl2FS. The zero-order valence-corrected chi connectivity index (χ0v) is 12.5. The summed E-state index contributed by atoms with van der Waals surface area (Å²) in [6, 6.07) is 6.80. The maximum Gasteiger partial charge on any atom is 0.127 e. The van der Waals surface area contributed by atoms with Crippen LogP contribution in [-0.4, -0.2) is 0 Å². The van der Waals surface area contributed by atoms with Gasteiger partial charge >= 0.3 is 0 Å². The molecule has 0 bridgehead atoms. The lowest BCUT2D eigenvalue weighted by Gasteiger charge is -2.11. The summed E-state index contributed by atoms with van der Waals surface area (Å²) in [5, 5.41) is 0.199. The first-order chi connectivity index (χ1) is 8.49. The van der Waals surface area contributed by atoms with E-state index in [1.54, 1.807) is 23.5 Å². The van der Waals surface area contributed by atoms with Crippen LogP contribution in [0.3, 0.4) is 0 Å². The van der Waals surface area contributed by atoms with Crippen LogP contribution in [0.5, 0.6) is 0 Å². The number of alkyl halides is 1. The third kappa shape index (κ3) is 2.87. The van der Waals surface area contributed by atoms with Crippen molar-refractivity contribution in [3.63, 3.8) is 0 Å². The van der Waals surface area contributed by atoms with E-state index in [-0.39, 0.29) is 11.2 Å². The van der Waals surface area contributed by atoms with Crippen LogP contribution in [0.25, 0.3) is 0 Å². The lowest BCUT2D eigenvalue weighted by atomic mass is 10.1. The van der Waals surface area contributed by atoms with Crippen LogP contribution in [0.15, 0.2) is 24.3 Å². The molecule has 4 heteroatoms. The highest BCUT2D eigenvalue weighted by Crippen LogP contribution is 2.35. The highest BCUT2D eigenvalue weighted by molar-refractivity contribution is 7.12. The standard InChI is InChI=1S/C14H13Cl2FS/c1-8-6-9(2)18-14(8)12(16)7-10-11(15)4-3-5-13(10)17/h3-6,12H,7H2,1-2H3. The summed E-state index contributed by atoms with van der Waals surface area (Å²) in [5.74, 6) is -0.293. The summed E-state index contributed by atoms with van der Waals surface area (Å²) >= 11 is 14.1. The molecule has 2 aromatic rings. The minimum Gasteiger partial charge on any atom is -0.207 e. The fraction of sp³-hybridized carbons (Fsp3) is 0.286. The van der Waals surface area contributed by atoms with Crippen LogP contribution in [0.1, 0.15) is 26.3 Å². The van der Waals surface area contributed by atoms with Gasteiger partial charge in [-0.05, 0) is 44.0 Å². The van der Waals surface area contributed by atoms with Gasteiger partial charge in [-0.15, -0.1) is 22.9 Å². The van der Waals surface area contributed by atoms with Crippen LogP contribution < -0.4 is 0 Å². The van der Waals surface area contributed by atoms with Crippen LogP contribution in [0, 0.1) is 19.7 Å². The average Bonchev–Trinajstić information content (AvgIpc) is 2.63. The fourth-order valence-corrected chi connectivity index (χ4v) is 3.68. The monoisotopic (exact) mass is 302 g/mol. The highest BCUT2D eigenvalue weighted by atomic mass is 35.5. The third-order valence-corrected chi connectivity index (χ3v) is 4.93. The van der Waals surface area contributed by atoms with Gasteiger partial charge in [0, 0.05) is 20.3 Å². The van der Waals surface area contributed by atoms with Crippen molar-refractivity contribution >= 4 is 34.5 Å². The maximum atomic E-state index is 13.7. The minimum atomic E-state index is -0.293. The van der Waals surface area contributed by atoms with Crippen molar-refractivity contribution in [1.82, 2.24) is 0 Å². The first-order valence-corrected chi connectivity index (χ1v) is 7.26. The van der Waals surface area contributed by atoms with Crippen molar-refractivity contribution in [3.05, 3.63) is 56.0 Å². The fourth-order valence-electron chi connectivity index (χ4n) is 1.97. The Morgan fingerprint density at radius 1 is 1.33 bits per heavy atom. The summed E-state index contributed by atoms with van der Waals surface area (Å²) in [4.78, 5) is 2.31. The first kappa shape index (κ1) is 13.9. The number of rotatable bonds is 3. The van der Waals surface area contributed by atoms with Crippen LogP contribution in [-0.2, 0) is 6.42 Å². The second-order valence-corrected chi connectivity index (χ2v) is 6.50. The molecule has 1 aromatic heterocycles. The van der Waals surface area contributed by atoms with E-state index in [1.807, 2.05) is 13.8 Å². The van der Waals surface area contributed by atoms with Gasteiger partial charge in [0.2, 0.25) is 0 Å². The van der Waals surface area contributed by atoms with Crippen LogP contribution in [0.4, 0.5) is 4.39 Å². The van der Waals surface area contributed by atoms with Gasteiger partial charge in [-0.1, -0.05) is 17.7 Å². The zero-order chi connectivity index (χ0) is 13.3. The molecule has 1 unspecified atom stereocenters. The zero-order valence-electron chi connectivity index (χ0n) is 10.1. The van der Waals surface area contributed by atoms with Crippen molar-refractivity contribution in [2.75, 3.05) is 0 Å². The summed E-state index contributed by atoms with van der Waals surface area (Å²) in [7, 11) is 0. The predicted molar refractivity (Wildman–Crippen MR) is 77.5 cm³/mol. The van der Waals surface area contributed by atoms with Gasteiger partial charge in [-0.25, -0.2) is 4.39 Å². The molecule has 0 aliphatic rings. The normalized spacial score (nSPS) is 12.7. The second-order valence-electron chi connectivity index (χ2n) is 4.28. The van der Waals surface area contributed by atoms with Gasteiger partial charge in [-0.2, -0.15) is 0 Å². The van der Waals surface area contributed by atoms with Crippen molar-refractivity contribution < 1.29 is 4.39 Å². The Balaban J connectivity index is 2.26. The molecule has 0 radical (unpaired) electrons. The Hall–Kier alpha value is -0.570. The third-order valence-electron chi connectivity index (χ3n) is 2.81. The van der Waals surface area contributed by atoms with E-state index in [0.29, 0.717) is 17.0 Å². The van der Waals surface area contributed by atoms with Crippen molar-refractivity contribution in [1.29, 1.82) is 0 Å². The summed E-state index contributed by atoms with van der Waals surface area (Å²) in [5.41, 5.74) is 1.65. The molecule has 0 spiro atoms. The van der Waals surface area contributed by atoms with Gasteiger partial charge in [-0.3, -0.25) is 0 Å². The molecule has 1 atom stereocenters. The Bertz CT molecular complexity index is 543. The van der Waals surface area contributed by atoms with Crippen molar-refractivity contribution in [2.45, 2.75) is 25.6 Å². The smallest absolute Gasteiger partial charge is 0.127 e. The quantitative estimate of drug-likeness (QED) is 0.640. The van der Waals surface area contributed by atoms with Gasteiger partial charge < -0.3 is 0 Å². The largest absolute Gasteiger partial charge is 0.207 e. The first-order valence-electron chi connectivity index (χ1n) is 5.63. The van der Waals surface area contributed by atoms with Crippen LogP contribution in [0.2, 0.25) is 5.02 Å². The second kappa shape index (κ2) is 5.60. The number of halogens is 3. The molecule has 0 amide bonds. The van der Waals surface area contributed by atoms with Crippen molar-refractivity contribution in [2.24, 2.45) is 0 Å². The number of benzene rings is 1. The summed E-state index contributed by atoms with van der Waals surface area (Å²) in [6.07, 6.45) is 0.411. The summed E-state index contributed by atoms with van der Waals surface area (Å²) < 4.78 is 13.7. The molecule has 1 aromatic carbocycles.